The Balaban J connectivity index is 2.28. The first-order valence-electron chi connectivity index (χ1n) is 7.62. The first-order valence-corrected chi connectivity index (χ1v) is 7.62. The molecule has 0 amide bonds. The van der Waals surface area contributed by atoms with Crippen LogP contribution in [0.25, 0.3) is 0 Å². The standard InChI is InChI=1S/C16H30N2O/c1-4-18(13-16-8-6-12-19-16)11-5-7-15(9-10-17)14(2)3/h6,8,12,14-15H,4-5,7,9-11,13,17H2,1-3H3. The van der Waals surface area contributed by atoms with Gasteiger partial charge in [-0.3, -0.25) is 4.90 Å². The second-order valence-corrected chi connectivity index (χ2v) is 5.67. The molecule has 0 saturated carbocycles. The minimum absolute atomic E-state index is 0.740. The van der Waals surface area contributed by atoms with Gasteiger partial charge in [0, 0.05) is 0 Å². The van der Waals surface area contributed by atoms with E-state index in [0.717, 1.165) is 50.2 Å². The van der Waals surface area contributed by atoms with E-state index in [9.17, 15) is 0 Å². The molecule has 1 aromatic heterocycles. The van der Waals surface area contributed by atoms with Crippen LogP contribution in [0.2, 0.25) is 0 Å². The summed E-state index contributed by atoms with van der Waals surface area (Å²) in [4.78, 5) is 2.44. The van der Waals surface area contributed by atoms with Gasteiger partial charge in [-0.1, -0.05) is 20.8 Å². The fourth-order valence-corrected chi connectivity index (χ4v) is 2.57. The molecule has 110 valence electrons. The Morgan fingerprint density at radius 3 is 2.63 bits per heavy atom. The quantitative estimate of drug-likeness (QED) is 0.705. The second kappa shape index (κ2) is 9.16. The molecule has 0 aliphatic rings. The van der Waals surface area contributed by atoms with Crippen LogP contribution in [-0.4, -0.2) is 24.5 Å². The van der Waals surface area contributed by atoms with E-state index in [0.29, 0.717) is 0 Å². The van der Waals surface area contributed by atoms with Crippen LogP contribution in [-0.2, 0) is 6.54 Å². The molecule has 0 aliphatic heterocycles. The first-order chi connectivity index (χ1) is 9.17. The summed E-state index contributed by atoms with van der Waals surface area (Å²) in [6.07, 6.45) is 5.43. The largest absolute Gasteiger partial charge is 0.468 e. The van der Waals surface area contributed by atoms with Crippen molar-refractivity contribution < 1.29 is 4.42 Å². The highest BCUT2D eigenvalue weighted by Crippen LogP contribution is 2.20. The molecule has 0 radical (unpaired) electrons. The summed E-state index contributed by atoms with van der Waals surface area (Å²) in [6, 6.07) is 4.01. The average Bonchev–Trinajstić information content (AvgIpc) is 2.89. The third kappa shape index (κ3) is 6.26. The van der Waals surface area contributed by atoms with Crippen LogP contribution in [0.5, 0.6) is 0 Å². The van der Waals surface area contributed by atoms with E-state index in [1.54, 1.807) is 6.26 Å². The van der Waals surface area contributed by atoms with E-state index in [1.807, 2.05) is 12.1 Å². The van der Waals surface area contributed by atoms with Gasteiger partial charge in [-0.15, -0.1) is 0 Å². The smallest absolute Gasteiger partial charge is 0.117 e. The van der Waals surface area contributed by atoms with Gasteiger partial charge < -0.3 is 10.2 Å². The molecule has 0 spiro atoms. The predicted octanol–water partition coefficient (Wildman–Crippen LogP) is 3.50. The van der Waals surface area contributed by atoms with Gasteiger partial charge >= 0.3 is 0 Å². The van der Waals surface area contributed by atoms with E-state index in [4.69, 9.17) is 10.2 Å². The summed E-state index contributed by atoms with van der Waals surface area (Å²) in [6.45, 7) is 10.8. The Bertz CT molecular complexity index is 309. The van der Waals surface area contributed by atoms with Crippen LogP contribution < -0.4 is 5.73 Å². The topological polar surface area (TPSA) is 42.4 Å². The lowest BCUT2D eigenvalue weighted by atomic mass is 9.88. The molecular weight excluding hydrogens is 236 g/mol. The van der Waals surface area contributed by atoms with Crippen molar-refractivity contribution in [2.24, 2.45) is 17.6 Å². The number of furan rings is 1. The highest BCUT2D eigenvalue weighted by molar-refractivity contribution is 4.97. The molecule has 1 rings (SSSR count). The van der Waals surface area contributed by atoms with Crippen LogP contribution in [0, 0.1) is 11.8 Å². The number of nitrogens with two attached hydrogens (primary N) is 1. The first kappa shape index (κ1) is 16.3. The van der Waals surface area contributed by atoms with Crippen molar-refractivity contribution in [3.05, 3.63) is 24.2 Å². The van der Waals surface area contributed by atoms with Gasteiger partial charge in [0.05, 0.1) is 12.8 Å². The molecule has 1 heterocycles. The maximum Gasteiger partial charge on any atom is 0.117 e. The number of rotatable bonds is 10. The zero-order valence-electron chi connectivity index (χ0n) is 12.8. The summed E-state index contributed by atoms with van der Waals surface area (Å²) >= 11 is 0. The van der Waals surface area contributed by atoms with Crippen molar-refractivity contribution in [2.45, 2.75) is 46.6 Å². The molecule has 0 aliphatic carbocycles. The van der Waals surface area contributed by atoms with Gasteiger partial charge in [-0.2, -0.15) is 0 Å². The van der Waals surface area contributed by atoms with Crippen LogP contribution in [0.1, 0.15) is 45.8 Å². The highest BCUT2D eigenvalue weighted by atomic mass is 16.3. The Morgan fingerprint density at radius 1 is 1.32 bits per heavy atom. The van der Waals surface area contributed by atoms with Crippen LogP contribution in [0.4, 0.5) is 0 Å². The van der Waals surface area contributed by atoms with Crippen LogP contribution >= 0.6 is 0 Å². The maximum atomic E-state index is 5.69. The normalized spacial score (nSPS) is 13.4. The Kier molecular flexibility index (Phi) is 7.84. The Hall–Kier alpha value is -0.800. The fourth-order valence-electron chi connectivity index (χ4n) is 2.57. The van der Waals surface area contributed by atoms with Crippen LogP contribution in [0.3, 0.4) is 0 Å². The Labute approximate surface area is 118 Å². The lowest BCUT2D eigenvalue weighted by Gasteiger charge is -2.23. The highest BCUT2D eigenvalue weighted by Gasteiger charge is 2.13. The van der Waals surface area contributed by atoms with Gasteiger partial charge in [-0.25, -0.2) is 0 Å². The van der Waals surface area contributed by atoms with E-state index in [2.05, 4.69) is 25.7 Å². The molecule has 0 fully saturated rings. The van der Waals surface area contributed by atoms with E-state index in [-0.39, 0.29) is 0 Å². The lowest BCUT2D eigenvalue weighted by Crippen LogP contribution is -2.25. The second-order valence-electron chi connectivity index (χ2n) is 5.67. The fraction of sp³-hybridized carbons (Fsp3) is 0.750. The van der Waals surface area contributed by atoms with Crippen molar-refractivity contribution in [1.82, 2.24) is 4.90 Å². The molecular formula is C16H30N2O. The van der Waals surface area contributed by atoms with Gasteiger partial charge in [0.15, 0.2) is 0 Å². The lowest BCUT2D eigenvalue weighted by molar-refractivity contribution is 0.234. The minimum atomic E-state index is 0.740. The SMILES string of the molecule is CCN(CCCC(CCN)C(C)C)Cc1ccco1. The summed E-state index contributed by atoms with van der Waals surface area (Å²) in [5, 5.41) is 0. The molecule has 3 nitrogen and oxygen atoms in total. The molecule has 1 atom stereocenters. The monoisotopic (exact) mass is 266 g/mol. The molecule has 0 aromatic carbocycles. The Morgan fingerprint density at radius 2 is 2.11 bits per heavy atom. The molecule has 19 heavy (non-hydrogen) atoms. The molecule has 2 N–H and O–H groups in total. The average molecular weight is 266 g/mol. The summed E-state index contributed by atoms with van der Waals surface area (Å²) in [7, 11) is 0. The zero-order valence-corrected chi connectivity index (χ0v) is 12.8. The predicted molar refractivity (Wildman–Crippen MR) is 80.9 cm³/mol. The molecule has 1 unspecified atom stereocenters. The van der Waals surface area contributed by atoms with Crippen molar-refractivity contribution in [3.63, 3.8) is 0 Å². The summed E-state index contributed by atoms with van der Waals surface area (Å²) in [5.74, 6) is 2.57. The van der Waals surface area contributed by atoms with E-state index in [1.165, 1.54) is 12.8 Å². The van der Waals surface area contributed by atoms with Gasteiger partial charge in [-0.05, 0) is 62.9 Å². The molecule has 0 saturated heterocycles. The minimum Gasteiger partial charge on any atom is -0.468 e. The van der Waals surface area contributed by atoms with Gasteiger partial charge in [0.25, 0.3) is 0 Å². The van der Waals surface area contributed by atoms with Crippen molar-refractivity contribution in [2.75, 3.05) is 19.6 Å². The zero-order chi connectivity index (χ0) is 14.1. The maximum absolute atomic E-state index is 5.69. The molecule has 0 bridgehead atoms. The van der Waals surface area contributed by atoms with Crippen molar-refractivity contribution in [3.8, 4) is 0 Å². The van der Waals surface area contributed by atoms with Gasteiger partial charge in [0.1, 0.15) is 5.76 Å². The third-order valence-corrected chi connectivity index (χ3v) is 3.94. The molecule has 1 aromatic rings. The van der Waals surface area contributed by atoms with Gasteiger partial charge in [0.2, 0.25) is 0 Å². The summed E-state index contributed by atoms with van der Waals surface area (Å²) in [5.41, 5.74) is 5.69. The molecule has 3 heteroatoms. The van der Waals surface area contributed by atoms with Crippen molar-refractivity contribution in [1.29, 1.82) is 0 Å². The van der Waals surface area contributed by atoms with E-state index >= 15 is 0 Å². The number of hydrogen-bond acceptors (Lipinski definition) is 3. The van der Waals surface area contributed by atoms with Crippen LogP contribution in [0.15, 0.2) is 22.8 Å². The summed E-state index contributed by atoms with van der Waals surface area (Å²) < 4.78 is 5.41. The number of hydrogen-bond donors (Lipinski definition) is 1. The third-order valence-electron chi connectivity index (χ3n) is 3.94. The van der Waals surface area contributed by atoms with E-state index < -0.39 is 0 Å². The number of nitrogens with zero attached hydrogens (tertiary/aromatic N) is 1. The van der Waals surface area contributed by atoms with Crippen molar-refractivity contribution >= 4 is 0 Å².